The molecule has 18 heavy (non-hydrogen) atoms. The second kappa shape index (κ2) is 4.80. The van der Waals surface area contributed by atoms with E-state index in [2.05, 4.69) is 0 Å². The molecular weight excluding hydrogens is 232 g/mol. The Bertz CT molecular complexity index is 493. The van der Waals surface area contributed by atoms with Crippen LogP contribution in [-0.4, -0.2) is 18.4 Å². The van der Waals surface area contributed by atoms with E-state index in [1.165, 1.54) is 6.92 Å². The van der Waals surface area contributed by atoms with E-state index in [1.54, 1.807) is 32.0 Å². The Morgan fingerprint density at radius 1 is 1.11 bits per heavy atom. The highest BCUT2D eigenvalue weighted by Gasteiger charge is 2.26. The molecule has 0 saturated heterocycles. The standard InChI is InChI=1S/C14H16O4/c1-8(10(3)15)9(2)14(16)11-4-5-12-13(6-11)18-7-17-12/h4-6,8-9H,7H2,1-3H3/t8-,9-/m0/s1. The normalized spacial score (nSPS) is 16.2. The Balaban J connectivity index is 2.21. The number of carbonyl (C=O) groups is 2. The summed E-state index contributed by atoms with van der Waals surface area (Å²) in [6, 6.07) is 5.11. The lowest BCUT2D eigenvalue weighted by Gasteiger charge is -2.16. The summed E-state index contributed by atoms with van der Waals surface area (Å²) in [5, 5.41) is 0. The van der Waals surface area contributed by atoms with Gasteiger partial charge in [-0.25, -0.2) is 0 Å². The van der Waals surface area contributed by atoms with Crippen LogP contribution in [0.15, 0.2) is 18.2 Å². The van der Waals surface area contributed by atoms with Crippen molar-refractivity contribution in [2.45, 2.75) is 20.8 Å². The number of ether oxygens (including phenoxy) is 2. The van der Waals surface area contributed by atoms with Crippen molar-refractivity contribution in [1.29, 1.82) is 0 Å². The van der Waals surface area contributed by atoms with E-state index in [9.17, 15) is 9.59 Å². The van der Waals surface area contributed by atoms with Crippen LogP contribution in [0.2, 0.25) is 0 Å². The number of Topliss-reactive ketones (excluding diaryl/α,β-unsaturated/α-hetero) is 2. The van der Waals surface area contributed by atoms with E-state index < -0.39 is 0 Å². The lowest BCUT2D eigenvalue weighted by atomic mass is 9.86. The topological polar surface area (TPSA) is 52.6 Å². The number of rotatable bonds is 4. The molecule has 0 amide bonds. The second-order valence-corrected chi connectivity index (χ2v) is 4.62. The predicted octanol–water partition coefficient (Wildman–Crippen LogP) is 2.46. The fraction of sp³-hybridized carbons (Fsp3) is 0.429. The molecule has 96 valence electrons. The Morgan fingerprint density at radius 3 is 2.44 bits per heavy atom. The first-order valence-corrected chi connectivity index (χ1v) is 5.95. The fourth-order valence-electron chi connectivity index (χ4n) is 1.89. The van der Waals surface area contributed by atoms with Gasteiger partial charge in [-0.15, -0.1) is 0 Å². The van der Waals surface area contributed by atoms with Crippen molar-refractivity contribution in [3.8, 4) is 11.5 Å². The summed E-state index contributed by atoms with van der Waals surface area (Å²) in [6.45, 7) is 5.25. The van der Waals surface area contributed by atoms with Crippen LogP contribution in [0.4, 0.5) is 0 Å². The van der Waals surface area contributed by atoms with Gasteiger partial charge in [-0.05, 0) is 25.1 Å². The molecular formula is C14H16O4. The maximum Gasteiger partial charge on any atom is 0.231 e. The Kier molecular flexibility index (Phi) is 3.36. The van der Waals surface area contributed by atoms with Gasteiger partial charge in [-0.3, -0.25) is 9.59 Å². The minimum Gasteiger partial charge on any atom is -0.454 e. The van der Waals surface area contributed by atoms with Crippen LogP contribution >= 0.6 is 0 Å². The summed E-state index contributed by atoms with van der Waals surface area (Å²) in [5.41, 5.74) is 0.555. The molecule has 4 nitrogen and oxygen atoms in total. The van der Waals surface area contributed by atoms with E-state index in [0.717, 1.165) is 0 Å². The van der Waals surface area contributed by atoms with Gasteiger partial charge in [0.2, 0.25) is 6.79 Å². The van der Waals surface area contributed by atoms with Crippen molar-refractivity contribution in [2.24, 2.45) is 11.8 Å². The quantitative estimate of drug-likeness (QED) is 0.768. The fourth-order valence-corrected chi connectivity index (χ4v) is 1.89. The summed E-state index contributed by atoms with van der Waals surface area (Å²) in [5.74, 6) is 0.612. The highest BCUT2D eigenvalue weighted by molar-refractivity contribution is 6.00. The maximum atomic E-state index is 12.2. The van der Waals surface area contributed by atoms with E-state index >= 15 is 0 Å². The average molecular weight is 248 g/mol. The summed E-state index contributed by atoms with van der Waals surface area (Å²) in [7, 11) is 0. The smallest absolute Gasteiger partial charge is 0.231 e. The first-order valence-electron chi connectivity index (χ1n) is 5.95. The predicted molar refractivity (Wildman–Crippen MR) is 65.9 cm³/mol. The van der Waals surface area contributed by atoms with Crippen molar-refractivity contribution in [1.82, 2.24) is 0 Å². The molecule has 0 aromatic heterocycles. The average Bonchev–Trinajstić information content (AvgIpc) is 2.82. The molecule has 0 spiro atoms. The summed E-state index contributed by atoms with van der Waals surface area (Å²) >= 11 is 0. The third-order valence-electron chi connectivity index (χ3n) is 3.46. The molecule has 0 bridgehead atoms. The van der Waals surface area contributed by atoms with Crippen LogP contribution in [0.5, 0.6) is 11.5 Å². The summed E-state index contributed by atoms with van der Waals surface area (Å²) in [4.78, 5) is 23.6. The molecule has 0 saturated carbocycles. The van der Waals surface area contributed by atoms with Gasteiger partial charge in [0.1, 0.15) is 5.78 Å². The minimum absolute atomic E-state index is 0.0246. The molecule has 1 heterocycles. The zero-order chi connectivity index (χ0) is 13.3. The van der Waals surface area contributed by atoms with Crippen molar-refractivity contribution in [2.75, 3.05) is 6.79 Å². The first-order chi connectivity index (χ1) is 8.50. The van der Waals surface area contributed by atoms with E-state index in [1.807, 2.05) is 0 Å². The number of hydrogen-bond acceptors (Lipinski definition) is 4. The maximum absolute atomic E-state index is 12.2. The van der Waals surface area contributed by atoms with Gasteiger partial charge in [0, 0.05) is 17.4 Å². The zero-order valence-corrected chi connectivity index (χ0v) is 10.7. The molecule has 1 aliphatic rings. The first kappa shape index (κ1) is 12.6. The number of benzene rings is 1. The molecule has 1 aromatic rings. The molecule has 1 aliphatic heterocycles. The monoisotopic (exact) mass is 248 g/mol. The highest BCUT2D eigenvalue weighted by atomic mass is 16.7. The Morgan fingerprint density at radius 2 is 1.78 bits per heavy atom. The minimum atomic E-state index is -0.331. The lowest BCUT2D eigenvalue weighted by Crippen LogP contribution is -2.24. The van der Waals surface area contributed by atoms with Crippen LogP contribution in [0.3, 0.4) is 0 Å². The second-order valence-electron chi connectivity index (χ2n) is 4.62. The Hall–Kier alpha value is -1.84. The molecule has 0 aliphatic carbocycles. The number of ketones is 2. The molecule has 0 radical (unpaired) electrons. The molecule has 0 fully saturated rings. The van der Waals surface area contributed by atoms with Gasteiger partial charge >= 0.3 is 0 Å². The van der Waals surface area contributed by atoms with Crippen LogP contribution < -0.4 is 9.47 Å². The van der Waals surface area contributed by atoms with E-state index in [-0.39, 0.29) is 30.2 Å². The van der Waals surface area contributed by atoms with E-state index in [0.29, 0.717) is 17.1 Å². The van der Waals surface area contributed by atoms with Gasteiger partial charge in [-0.1, -0.05) is 13.8 Å². The number of hydrogen-bond donors (Lipinski definition) is 0. The SMILES string of the molecule is CC(=O)[C@@H](C)[C@H](C)C(=O)c1ccc2c(c1)OCO2. The largest absolute Gasteiger partial charge is 0.454 e. The molecule has 0 N–H and O–H groups in total. The zero-order valence-electron chi connectivity index (χ0n) is 10.7. The van der Waals surface area contributed by atoms with Crippen LogP contribution in [-0.2, 0) is 4.79 Å². The van der Waals surface area contributed by atoms with Crippen molar-refractivity contribution >= 4 is 11.6 Å². The molecule has 0 unspecified atom stereocenters. The van der Waals surface area contributed by atoms with Gasteiger partial charge in [-0.2, -0.15) is 0 Å². The van der Waals surface area contributed by atoms with Gasteiger partial charge in [0.25, 0.3) is 0 Å². The van der Waals surface area contributed by atoms with E-state index in [4.69, 9.17) is 9.47 Å². The lowest BCUT2D eigenvalue weighted by molar-refractivity contribution is -0.121. The third kappa shape index (κ3) is 2.23. The van der Waals surface area contributed by atoms with Gasteiger partial charge in [0.15, 0.2) is 17.3 Å². The molecule has 2 rings (SSSR count). The Labute approximate surface area is 106 Å². The highest BCUT2D eigenvalue weighted by Crippen LogP contribution is 2.33. The van der Waals surface area contributed by atoms with Crippen LogP contribution in [0.1, 0.15) is 31.1 Å². The third-order valence-corrected chi connectivity index (χ3v) is 3.46. The van der Waals surface area contributed by atoms with Crippen molar-refractivity contribution < 1.29 is 19.1 Å². The number of carbonyl (C=O) groups excluding carboxylic acids is 2. The van der Waals surface area contributed by atoms with Gasteiger partial charge in [0.05, 0.1) is 0 Å². The number of fused-ring (bicyclic) bond motifs is 1. The molecule has 4 heteroatoms. The van der Waals surface area contributed by atoms with Crippen molar-refractivity contribution in [3.63, 3.8) is 0 Å². The van der Waals surface area contributed by atoms with Gasteiger partial charge < -0.3 is 9.47 Å². The summed E-state index contributed by atoms with van der Waals surface area (Å²) < 4.78 is 10.4. The molecule has 2 atom stereocenters. The molecule has 1 aromatic carbocycles. The van der Waals surface area contributed by atoms with Crippen LogP contribution in [0.25, 0.3) is 0 Å². The van der Waals surface area contributed by atoms with Crippen LogP contribution in [0, 0.1) is 11.8 Å². The summed E-state index contributed by atoms with van der Waals surface area (Å²) in [6.07, 6.45) is 0. The van der Waals surface area contributed by atoms with Crippen molar-refractivity contribution in [3.05, 3.63) is 23.8 Å².